The van der Waals surface area contributed by atoms with Crippen LogP contribution in [-0.2, 0) is 18.3 Å². The monoisotopic (exact) mass is 241 g/mol. The Kier molecular flexibility index (Phi) is 4.14. The number of aryl methyl sites for hydroxylation is 1. The molecule has 0 aromatic carbocycles. The second kappa shape index (κ2) is 3.76. The van der Waals surface area contributed by atoms with Crippen molar-refractivity contribution < 1.29 is 18.3 Å². The fraction of sp³-hybridized carbons (Fsp3) is 0.200. The molecule has 0 fully saturated rings. The Morgan fingerprint density at radius 2 is 2.25 bits per heavy atom. The molecule has 0 N–H and O–H groups in total. The van der Waals surface area contributed by atoms with Crippen LogP contribution in [0.25, 0.3) is 0 Å². The number of halogens is 1. The van der Waals surface area contributed by atoms with Gasteiger partial charge in [0.1, 0.15) is 0 Å². The van der Waals surface area contributed by atoms with E-state index < -0.39 is 0 Å². The van der Waals surface area contributed by atoms with Crippen molar-refractivity contribution in [2.24, 2.45) is 0 Å². The van der Waals surface area contributed by atoms with Crippen LogP contribution in [0, 0.1) is 6.92 Å². The van der Waals surface area contributed by atoms with Gasteiger partial charge in [0.2, 0.25) is 0 Å². The summed E-state index contributed by atoms with van der Waals surface area (Å²) in [7, 11) is 0. The molecule has 8 heavy (non-hydrogen) atoms. The van der Waals surface area contributed by atoms with E-state index >= 15 is 0 Å². The molecule has 0 atom stereocenters. The van der Waals surface area contributed by atoms with E-state index in [9.17, 15) is 0 Å². The minimum atomic E-state index is 0. The molecule has 0 unspecified atom stereocenters. The first kappa shape index (κ1) is 8.80. The summed E-state index contributed by atoms with van der Waals surface area (Å²) in [4.78, 5) is 0. The molecule has 0 saturated heterocycles. The molecule has 0 saturated carbocycles. The maximum absolute atomic E-state index is 2.17. The molecule has 0 aliphatic heterocycles. The van der Waals surface area contributed by atoms with Gasteiger partial charge < -0.3 is 0 Å². The number of thiophene rings is 1. The van der Waals surface area contributed by atoms with Crippen molar-refractivity contribution in [1.82, 2.24) is 0 Å². The van der Waals surface area contributed by atoms with E-state index in [1.54, 1.807) is 3.47 Å². The molecule has 1 aromatic rings. The molecule has 3 heteroatoms. The molecule has 0 amide bonds. The summed E-state index contributed by atoms with van der Waals surface area (Å²) in [5.41, 5.74) is 1.46. The van der Waals surface area contributed by atoms with Crippen molar-refractivity contribution in [1.29, 1.82) is 0 Å². The fourth-order valence-electron chi connectivity index (χ4n) is 0.404. The summed E-state index contributed by atoms with van der Waals surface area (Å²) in [5, 5.41) is 2.15. The number of rotatable bonds is 0. The molecule has 1 heterocycles. The predicted molar refractivity (Wildman–Crippen MR) is 39.0 cm³/mol. The SMILES string of the molecule is Br.Cc1ccs[c]1[Zn]. The van der Waals surface area contributed by atoms with Gasteiger partial charge in [-0.3, -0.25) is 0 Å². The van der Waals surface area contributed by atoms with E-state index in [1.807, 2.05) is 11.3 Å². The Bertz CT molecular complexity index is 145. The van der Waals surface area contributed by atoms with Crippen LogP contribution in [0.4, 0.5) is 0 Å². The summed E-state index contributed by atoms with van der Waals surface area (Å²) in [6.45, 7) is 2.16. The van der Waals surface area contributed by atoms with Crippen LogP contribution < -0.4 is 3.47 Å². The summed E-state index contributed by atoms with van der Waals surface area (Å²) in [6, 6.07) is 2.17. The van der Waals surface area contributed by atoms with Crippen LogP contribution in [-0.4, -0.2) is 0 Å². The molecule has 1 rings (SSSR count). The molecule has 41 valence electrons. The van der Waals surface area contributed by atoms with Crippen molar-refractivity contribution in [2.75, 3.05) is 0 Å². The first-order chi connectivity index (χ1) is 3.30. The van der Waals surface area contributed by atoms with Crippen LogP contribution in [0.3, 0.4) is 0 Å². The standard InChI is InChI=1S/C5H5S.BrH.Zn/c1-5-2-3-6-4-5;;/h2-3H,1H3;1H;. The van der Waals surface area contributed by atoms with E-state index in [0.717, 1.165) is 0 Å². The molecule has 0 aliphatic carbocycles. The summed E-state index contributed by atoms with van der Waals surface area (Å²) < 4.78 is 1.56. The van der Waals surface area contributed by atoms with Crippen LogP contribution in [0.2, 0.25) is 0 Å². The third-order valence-corrected chi connectivity index (χ3v) is 4.07. The van der Waals surface area contributed by atoms with Gasteiger partial charge in [-0.15, -0.1) is 17.0 Å². The average molecular weight is 243 g/mol. The van der Waals surface area contributed by atoms with Crippen molar-refractivity contribution in [2.45, 2.75) is 6.92 Å². The molecular formula is C5H6BrSZn. The zero-order valence-corrected chi connectivity index (χ0v) is 10.2. The van der Waals surface area contributed by atoms with Gasteiger partial charge >= 0.3 is 57.0 Å². The molecule has 0 spiro atoms. The molecular weight excluding hydrogens is 237 g/mol. The van der Waals surface area contributed by atoms with Crippen molar-refractivity contribution >= 4 is 31.8 Å². The van der Waals surface area contributed by atoms with Crippen molar-refractivity contribution in [3.05, 3.63) is 17.0 Å². The normalized spacial score (nSPS) is 8.38. The quantitative estimate of drug-likeness (QED) is 0.610. The topological polar surface area (TPSA) is 0 Å². The Morgan fingerprint density at radius 1 is 1.62 bits per heavy atom. The number of hydrogen-bond acceptors (Lipinski definition) is 1. The van der Waals surface area contributed by atoms with Crippen molar-refractivity contribution in [3.8, 4) is 0 Å². The average Bonchev–Trinajstić information content (AvgIpc) is 1.91. The molecule has 0 aliphatic rings. The third kappa shape index (κ3) is 1.96. The van der Waals surface area contributed by atoms with Crippen LogP contribution in [0.5, 0.6) is 0 Å². The summed E-state index contributed by atoms with van der Waals surface area (Å²) in [5.74, 6) is 0. The van der Waals surface area contributed by atoms with Crippen LogP contribution in [0.1, 0.15) is 5.56 Å². The second-order valence-corrected chi connectivity index (χ2v) is 5.09. The zero-order chi connectivity index (χ0) is 5.28. The van der Waals surface area contributed by atoms with Gasteiger partial charge in [0, 0.05) is 0 Å². The molecule has 1 aromatic heterocycles. The van der Waals surface area contributed by atoms with Gasteiger partial charge in [0.15, 0.2) is 0 Å². The zero-order valence-electron chi connectivity index (χ0n) is 4.68. The Labute approximate surface area is 73.7 Å². The third-order valence-electron chi connectivity index (χ3n) is 0.968. The van der Waals surface area contributed by atoms with Gasteiger partial charge in [-0.25, -0.2) is 0 Å². The summed E-state index contributed by atoms with van der Waals surface area (Å²) >= 11 is 3.17. The molecule has 0 nitrogen and oxygen atoms in total. The fourth-order valence-corrected chi connectivity index (χ4v) is 1.95. The van der Waals surface area contributed by atoms with Gasteiger partial charge in [-0.2, -0.15) is 0 Å². The Hall–Kier alpha value is 0.803. The van der Waals surface area contributed by atoms with Crippen molar-refractivity contribution in [3.63, 3.8) is 0 Å². The van der Waals surface area contributed by atoms with E-state index in [-0.39, 0.29) is 17.0 Å². The van der Waals surface area contributed by atoms with E-state index in [2.05, 4.69) is 18.4 Å². The van der Waals surface area contributed by atoms with Crippen LogP contribution >= 0.6 is 28.3 Å². The molecule has 0 radical (unpaired) electrons. The van der Waals surface area contributed by atoms with E-state index in [1.165, 1.54) is 23.9 Å². The van der Waals surface area contributed by atoms with Gasteiger partial charge in [0.05, 0.1) is 0 Å². The van der Waals surface area contributed by atoms with E-state index in [0.29, 0.717) is 0 Å². The van der Waals surface area contributed by atoms with Gasteiger partial charge in [-0.05, 0) is 0 Å². The Balaban J connectivity index is 0.000000490. The minimum absolute atomic E-state index is 0. The molecule has 0 bridgehead atoms. The Morgan fingerprint density at radius 3 is 2.38 bits per heavy atom. The predicted octanol–water partition coefficient (Wildman–Crippen LogP) is 1.81. The van der Waals surface area contributed by atoms with Gasteiger partial charge in [-0.1, -0.05) is 0 Å². The van der Waals surface area contributed by atoms with Gasteiger partial charge in [0.25, 0.3) is 0 Å². The van der Waals surface area contributed by atoms with E-state index in [4.69, 9.17) is 0 Å². The first-order valence-corrected chi connectivity index (χ1v) is 4.53. The van der Waals surface area contributed by atoms with Crippen LogP contribution in [0.15, 0.2) is 11.4 Å². The second-order valence-electron chi connectivity index (χ2n) is 1.53. The number of hydrogen-bond donors (Lipinski definition) is 0. The maximum atomic E-state index is 2.17. The first-order valence-electron chi connectivity index (χ1n) is 2.17. The summed E-state index contributed by atoms with van der Waals surface area (Å²) in [6.07, 6.45) is 0.